The van der Waals surface area contributed by atoms with Gasteiger partial charge in [-0.05, 0) is 76.2 Å². The molecule has 4 unspecified atom stereocenters. The Kier molecular flexibility index (Phi) is 9.55. The molecule has 5 heterocycles. The Morgan fingerprint density at radius 3 is 2.52 bits per heavy atom. The molecule has 14 heteroatoms. The summed E-state index contributed by atoms with van der Waals surface area (Å²) in [5.74, 6) is 1.55. The highest BCUT2D eigenvalue weighted by molar-refractivity contribution is 6.62. The van der Waals surface area contributed by atoms with Crippen LogP contribution < -0.4 is 15.5 Å². The summed E-state index contributed by atoms with van der Waals surface area (Å²) in [4.78, 5) is 48.8. The predicted octanol–water partition coefficient (Wildman–Crippen LogP) is 6.44. The average molecular weight is 764 g/mol. The van der Waals surface area contributed by atoms with Crippen molar-refractivity contribution in [1.82, 2.24) is 24.8 Å². The fraction of sp³-hybridized carbons (Fsp3) is 0.476. The van der Waals surface area contributed by atoms with Crippen LogP contribution in [0.25, 0.3) is 33.4 Å². The van der Waals surface area contributed by atoms with Crippen molar-refractivity contribution in [3.63, 3.8) is 0 Å². The van der Waals surface area contributed by atoms with Gasteiger partial charge in [-0.15, -0.1) is 0 Å². The predicted molar refractivity (Wildman–Crippen MR) is 211 cm³/mol. The first kappa shape index (κ1) is 37.8. The molecular formula is C42H50BN5O8. The molecule has 0 radical (unpaired) electrons. The van der Waals surface area contributed by atoms with E-state index in [4.69, 9.17) is 28.5 Å². The third kappa shape index (κ3) is 6.56. The summed E-state index contributed by atoms with van der Waals surface area (Å²) in [5, 5.41) is 3.72. The maximum Gasteiger partial charge on any atom is 0.494 e. The Labute approximate surface area is 327 Å². The van der Waals surface area contributed by atoms with Gasteiger partial charge in [0.25, 0.3) is 0 Å². The van der Waals surface area contributed by atoms with Crippen molar-refractivity contribution in [2.45, 2.75) is 96.7 Å². The first-order chi connectivity index (χ1) is 26.7. The van der Waals surface area contributed by atoms with Crippen LogP contribution in [0, 0.1) is 11.8 Å². The second-order valence-corrected chi connectivity index (χ2v) is 16.7. The first-order valence-corrected chi connectivity index (χ1v) is 19.5. The number of hydrogen-bond donors (Lipinski definition) is 2. The lowest BCUT2D eigenvalue weighted by Crippen LogP contribution is -2.51. The molecule has 4 aromatic rings. The zero-order chi connectivity index (χ0) is 39.7. The SMILES string of the molecule is COC(=O)NC(C(=O)N1CCCC1c1ncc(-c2ccc3c(c2)OC(C2CC(=O)C=C(OC)C2)n2c-3cc3cc(B4OC(C)(C)C(C)(C)O4)ccc32)[nH]1)C(C)C. The van der Waals surface area contributed by atoms with Crippen LogP contribution in [-0.2, 0) is 28.4 Å². The van der Waals surface area contributed by atoms with Gasteiger partial charge in [-0.25, -0.2) is 9.78 Å². The van der Waals surface area contributed by atoms with E-state index in [2.05, 4.69) is 39.1 Å². The van der Waals surface area contributed by atoms with Gasteiger partial charge < -0.3 is 43.3 Å². The van der Waals surface area contributed by atoms with Crippen LogP contribution in [0.4, 0.5) is 4.79 Å². The number of methoxy groups -OCH3 is 2. The standard InChI is InChI=1S/C42H50BN5O8/c1-23(2)36(46-40(51)53-8)38(50)47-15-9-10-33(47)37-44-22-31(45-37)24-11-13-30-34-19-25-16-27(43-55-41(3,4)42(5,6)56-43)12-14-32(25)48(34)39(54-35(30)20-24)26-17-28(49)21-29(18-26)52-7/h11-14,16,19-23,26,33,36,39H,9-10,15,17-18H2,1-8H3,(H,44,45)(H,46,51). The average Bonchev–Trinajstić information content (AvgIpc) is 3.96. The van der Waals surface area contributed by atoms with Crippen LogP contribution in [0.5, 0.6) is 5.75 Å². The number of nitrogens with zero attached hydrogens (tertiary/aromatic N) is 3. The second-order valence-electron chi connectivity index (χ2n) is 16.7. The molecule has 56 heavy (non-hydrogen) atoms. The van der Waals surface area contributed by atoms with Crippen LogP contribution in [0.3, 0.4) is 0 Å². The second kappa shape index (κ2) is 14.1. The van der Waals surface area contributed by atoms with E-state index in [1.165, 1.54) is 7.11 Å². The minimum atomic E-state index is -0.719. The topological polar surface area (TPSA) is 146 Å². The quantitative estimate of drug-likeness (QED) is 0.194. The van der Waals surface area contributed by atoms with Crippen LogP contribution in [-0.4, -0.2) is 82.3 Å². The molecular weight excluding hydrogens is 713 g/mol. The van der Waals surface area contributed by atoms with Crippen LogP contribution in [0.1, 0.15) is 85.3 Å². The number of imidazole rings is 1. The van der Waals surface area contributed by atoms with Crippen molar-refractivity contribution in [2.75, 3.05) is 20.8 Å². The highest BCUT2D eigenvalue weighted by atomic mass is 16.7. The minimum absolute atomic E-state index is 0.00697. The fourth-order valence-electron chi connectivity index (χ4n) is 8.43. The van der Waals surface area contributed by atoms with Gasteiger partial charge in [0.1, 0.15) is 17.6 Å². The van der Waals surface area contributed by atoms with Gasteiger partial charge in [-0.2, -0.15) is 0 Å². The van der Waals surface area contributed by atoms with Crippen LogP contribution in [0.2, 0.25) is 0 Å². The third-order valence-electron chi connectivity index (χ3n) is 12.2. The van der Waals surface area contributed by atoms with E-state index in [0.29, 0.717) is 36.7 Å². The normalized spacial score (nSPS) is 23.1. The maximum absolute atomic E-state index is 13.7. The van der Waals surface area contributed by atoms with E-state index in [0.717, 1.165) is 51.7 Å². The molecule has 1 aliphatic carbocycles. The first-order valence-electron chi connectivity index (χ1n) is 19.5. The largest absolute Gasteiger partial charge is 0.501 e. The highest BCUT2D eigenvalue weighted by Crippen LogP contribution is 2.48. The number of ketones is 1. The number of fused-ring (bicyclic) bond motifs is 5. The number of nitrogens with one attached hydrogen (secondary N) is 2. The number of amides is 2. The molecule has 3 aliphatic heterocycles. The summed E-state index contributed by atoms with van der Waals surface area (Å²) in [6.07, 6.45) is 4.69. The number of H-pyrrole nitrogens is 1. The van der Waals surface area contributed by atoms with E-state index < -0.39 is 36.7 Å². The molecule has 294 valence electrons. The number of benzene rings is 2. The Bertz CT molecular complexity index is 2220. The number of ether oxygens (including phenoxy) is 3. The molecule has 2 saturated heterocycles. The Morgan fingerprint density at radius 1 is 1.04 bits per heavy atom. The molecule has 2 N–H and O–H groups in total. The van der Waals surface area contributed by atoms with Gasteiger partial charge in [0.15, 0.2) is 12.0 Å². The summed E-state index contributed by atoms with van der Waals surface area (Å²) in [6, 6.07) is 13.6. The molecule has 2 aromatic heterocycles. The molecule has 0 bridgehead atoms. The maximum atomic E-state index is 13.7. The number of carbonyl (C=O) groups excluding carboxylic acids is 3. The molecule has 0 saturated carbocycles. The number of hydrogen-bond acceptors (Lipinski definition) is 9. The lowest BCUT2D eigenvalue weighted by Gasteiger charge is -2.36. The van der Waals surface area contributed by atoms with Gasteiger partial charge >= 0.3 is 13.2 Å². The number of aromatic nitrogens is 3. The van der Waals surface area contributed by atoms with Gasteiger partial charge in [0.05, 0.1) is 60.3 Å². The summed E-state index contributed by atoms with van der Waals surface area (Å²) in [7, 11) is 2.38. The summed E-state index contributed by atoms with van der Waals surface area (Å²) >= 11 is 0. The van der Waals surface area contributed by atoms with Crippen molar-refractivity contribution in [3.05, 3.63) is 66.3 Å². The smallest absolute Gasteiger partial charge is 0.494 e. The van der Waals surface area contributed by atoms with E-state index >= 15 is 0 Å². The van der Waals surface area contributed by atoms with E-state index in [1.807, 2.05) is 59.7 Å². The van der Waals surface area contributed by atoms with Crippen molar-refractivity contribution >= 4 is 41.3 Å². The number of aromatic amines is 1. The molecule has 4 aliphatic rings. The minimum Gasteiger partial charge on any atom is -0.501 e. The zero-order valence-corrected chi connectivity index (χ0v) is 33.3. The van der Waals surface area contributed by atoms with E-state index in [9.17, 15) is 14.4 Å². The Morgan fingerprint density at radius 2 is 1.80 bits per heavy atom. The molecule has 2 amide bonds. The highest BCUT2D eigenvalue weighted by Gasteiger charge is 2.52. The lowest BCUT2D eigenvalue weighted by molar-refractivity contribution is -0.135. The molecule has 2 fully saturated rings. The van der Waals surface area contributed by atoms with E-state index in [-0.39, 0.29) is 29.6 Å². The number of carbonyl (C=O) groups is 3. The van der Waals surface area contributed by atoms with Crippen molar-refractivity contribution in [1.29, 1.82) is 0 Å². The molecule has 13 nitrogen and oxygen atoms in total. The van der Waals surface area contributed by atoms with E-state index in [1.54, 1.807) is 24.3 Å². The third-order valence-corrected chi connectivity index (χ3v) is 12.2. The lowest BCUT2D eigenvalue weighted by atomic mass is 9.78. The van der Waals surface area contributed by atoms with Gasteiger partial charge in [-0.1, -0.05) is 32.0 Å². The van der Waals surface area contributed by atoms with Gasteiger partial charge in [0.2, 0.25) is 5.91 Å². The summed E-state index contributed by atoms with van der Waals surface area (Å²) in [5.41, 5.74) is 4.54. The van der Waals surface area contributed by atoms with Gasteiger partial charge in [-0.3, -0.25) is 9.59 Å². The number of likely N-dealkylation sites (tertiary alicyclic amines) is 1. The monoisotopic (exact) mass is 763 g/mol. The van der Waals surface area contributed by atoms with Crippen molar-refractivity contribution in [3.8, 4) is 28.3 Å². The summed E-state index contributed by atoms with van der Waals surface area (Å²) < 4.78 is 32.3. The molecule has 0 spiro atoms. The van der Waals surface area contributed by atoms with Crippen molar-refractivity contribution < 1.29 is 37.9 Å². The van der Waals surface area contributed by atoms with Gasteiger partial charge in [0, 0.05) is 47.9 Å². The zero-order valence-electron chi connectivity index (χ0n) is 33.3. The van der Waals surface area contributed by atoms with Crippen LogP contribution >= 0.6 is 0 Å². The fourth-order valence-corrected chi connectivity index (χ4v) is 8.43. The number of rotatable bonds is 8. The van der Waals surface area contributed by atoms with Crippen LogP contribution in [0.15, 0.2) is 60.5 Å². The molecule has 4 atom stereocenters. The number of alkyl carbamates (subject to hydrolysis) is 1. The molecule has 2 aromatic carbocycles. The molecule has 8 rings (SSSR count). The summed E-state index contributed by atoms with van der Waals surface area (Å²) in [6.45, 7) is 12.6. The Hall–Kier alpha value is -5.08. The Balaban J connectivity index is 1.13. The number of allylic oxidation sites excluding steroid dienone is 2. The van der Waals surface area contributed by atoms with Crippen molar-refractivity contribution in [2.24, 2.45) is 11.8 Å².